The maximum Gasteiger partial charge on any atom is 0.498 e. The zero-order chi connectivity index (χ0) is 35.7. The molecule has 254 valence electrons. The Bertz CT molecular complexity index is 2610. The number of aromatic nitrogens is 3. The first kappa shape index (κ1) is 32.7. The topological polar surface area (TPSA) is 83.4 Å². The van der Waals surface area contributed by atoms with Crippen molar-refractivity contribution in [1.29, 1.82) is 0 Å². The van der Waals surface area contributed by atoms with E-state index < -0.39 is 18.8 Å². The minimum atomic E-state index is -0.878. The number of furan rings is 2. The molecule has 0 amide bonds. The molecule has 1 aliphatic heterocycles. The second kappa shape index (κ2) is 12.1. The molecule has 0 unspecified atom stereocenters. The van der Waals surface area contributed by atoms with Crippen LogP contribution in [0.5, 0.6) is 0 Å². The molecular formula is C41H34BF2N3O4. The largest absolute Gasteiger partial charge is 0.498 e. The van der Waals surface area contributed by atoms with E-state index in [0.29, 0.717) is 28.3 Å². The van der Waals surface area contributed by atoms with Crippen LogP contribution in [0.3, 0.4) is 0 Å². The van der Waals surface area contributed by atoms with Gasteiger partial charge >= 0.3 is 7.12 Å². The molecular weight excluding hydrogens is 647 g/mol. The average molecular weight is 682 g/mol. The average Bonchev–Trinajstić information content (AvgIpc) is 3.73. The van der Waals surface area contributed by atoms with Gasteiger partial charge < -0.3 is 18.1 Å². The van der Waals surface area contributed by atoms with Crippen molar-refractivity contribution in [2.24, 2.45) is 0 Å². The van der Waals surface area contributed by atoms with Crippen molar-refractivity contribution < 1.29 is 26.9 Å². The number of rotatable bonds is 3. The fourth-order valence-corrected chi connectivity index (χ4v) is 6.39. The molecule has 1 aliphatic rings. The van der Waals surface area contributed by atoms with E-state index in [4.69, 9.17) is 18.1 Å². The predicted octanol–water partition coefficient (Wildman–Crippen LogP) is 9.89. The molecule has 7 nitrogen and oxygen atoms in total. The first-order valence-electron chi connectivity index (χ1n) is 16.7. The summed E-state index contributed by atoms with van der Waals surface area (Å²) in [6.45, 7) is 12.1. The zero-order valence-electron chi connectivity index (χ0n) is 29.0. The molecule has 0 aliphatic carbocycles. The number of pyridine rings is 3. The van der Waals surface area contributed by atoms with Gasteiger partial charge in [-0.1, -0.05) is 42.5 Å². The van der Waals surface area contributed by atoms with Crippen molar-refractivity contribution in [3.8, 4) is 22.4 Å². The Balaban J connectivity index is 0.000000150. The standard InChI is InChI=1S/C23H14F2N2O.C18H20BNO3/c1-13-8-9-17-16-5-2-6-18(22(16)28-23(17)27-13)20-12-14(10-11-26-20)15-4-3-7-19(24)21(15)25;1-11-9-10-13-12-7-6-8-14(15(12)21-16(13)20-11)19-22-17(2,3)18(4,5)23-19/h2-12H,1H3;6-10H,1-5H3. The Kier molecular flexibility index (Phi) is 7.77. The Labute approximate surface area is 293 Å². The zero-order valence-corrected chi connectivity index (χ0v) is 29.0. The van der Waals surface area contributed by atoms with Crippen LogP contribution in [-0.2, 0) is 9.31 Å². The van der Waals surface area contributed by atoms with E-state index in [1.165, 1.54) is 6.07 Å². The number of fused-ring (bicyclic) bond motifs is 6. The Hall–Kier alpha value is -5.45. The molecule has 1 saturated heterocycles. The second-order valence-electron chi connectivity index (χ2n) is 13.8. The molecule has 9 rings (SSSR count). The highest BCUT2D eigenvalue weighted by molar-refractivity contribution is 6.65. The van der Waals surface area contributed by atoms with E-state index in [2.05, 4.69) is 48.7 Å². The van der Waals surface area contributed by atoms with Crippen molar-refractivity contribution in [2.45, 2.75) is 52.7 Å². The number of nitrogens with zero attached hydrogens (tertiary/aromatic N) is 3. The van der Waals surface area contributed by atoms with Crippen molar-refractivity contribution in [3.05, 3.63) is 120 Å². The lowest BCUT2D eigenvalue weighted by Crippen LogP contribution is -2.41. The van der Waals surface area contributed by atoms with Gasteiger partial charge in [-0.05, 0) is 95.6 Å². The van der Waals surface area contributed by atoms with Crippen molar-refractivity contribution >= 4 is 56.7 Å². The predicted molar refractivity (Wildman–Crippen MR) is 197 cm³/mol. The van der Waals surface area contributed by atoms with Gasteiger partial charge in [-0.15, -0.1) is 0 Å². The Morgan fingerprint density at radius 1 is 0.608 bits per heavy atom. The molecule has 0 atom stereocenters. The van der Waals surface area contributed by atoms with Crippen LogP contribution < -0.4 is 5.46 Å². The Morgan fingerprint density at radius 2 is 1.18 bits per heavy atom. The molecule has 6 heterocycles. The van der Waals surface area contributed by atoms with E-state index >= 15 is 0 Å². The van der Waals surface area contributed by atoms with Gasteiger partial charge in [0.15, 0.2) is 11.6 Å². The Morgan fingerprint density at radius 3 is 1.84 bits per heavy atom. The number of halogens is 2. The van der Waals surface area contributed by atoms with Gasteiger partial charge in [0.05, 0.1) is 16.9 Å². The van der Waals surface area contributed by atoms with Gasteiger partial charge in [0.1, 0.15) is 11.2 Å². The van der Waals surface area contributed by atoms with Gasteiger partial charge in [-0.3, -0.25) is 4.98 Å². The minimum absolute atomic E-state index is 0.192. The van der Waals surface area contributed by atoms with Crippen LogP contribution in [0.2, 0.25) is 0 Å². The molecule has 0 bridgehead atoms. The highest BCUT2D eigenvalue weighted by atomic mass is 19.2. The van der Waals surface area contributed by atoms with Crippen LogP contribution >= 0.6 is 0 Å². The third-order valence-corrected chi connectivity index (χ3v) is 9.84. The molecule has 0 saturated carbocycles. The summed E-state index contributed by atoms with van der Waals surface area (Å²) in [5.74, 6) is -1.75. The van der Waals surface area contributed by atoms with Gasteiger partial charge in [0.25, 0.3) is 0 Å². The minimum Gasteiger partial charge on any atom is -0.438 e. The van der Waals surface area contributed by atoms with E-state index in [1.54, 1.807) is 24.4 Å². The third-order valence-electron chi connectivity index (χ3n) is 9.84. The van der Waals surface area contributed by atoms with E-state index in [1.807, 2.05) is 68.4 Å². The van der Waals surface area contributed by atoms with Gasteiger partial charge in [-0.25, -0.2) is 18.7 Å². The van der Waals surface area contributed by atoms with Crippen molar-refractivity contribution in [1.82, 2.24) is 15.0 Å². The number of hydrogen-bond donors (Lipinski definition) is 0. The first-order valence-corrected chi connectivity index (χ1v) is 16.7. The van der Waals surface area contributed by atoms with E-state index in [9.17, 15) is 8.78 Å². The smallest absolute Gasteiger partial charge is 0.438 e. The van der Waals surface area contributed by atoms with Gasteiger partial charge in [-0.2, -0.15) is 0 Å². The quantitative estimate of drug-likeness (QED) is 0.172. The fourth-order valence-electron chi connectivity index (χ4n) is 6.39. The third kappa shape index (κ3) is 5.64. The molecule has 0 spiro atoms. The van der Waals surface area contributed by atoms with Crippen LogP contribution in [0.15, 0.2) is 106 Å². The lowest BCUT2D eigenvalue weighted by Gasteiger charge is -2.32. The summed E-state index contributed by atoms with van der Waals surface area (Å²) in [5.41, 5.74) is 6.77. The molecule has 5 aromatic heterocycles. The maximum absolute atomic E-state index is 14.2. The number of hydrogen-bond acceptors (Lipinski definition) is 7. The van der Waals surface area contributed by atoms with Crippen LogP contribution in [0, 0.1) is 25.5 Å². The van der Waals surface area contributed by atoms with Crippen LogP contribution in [-0.4, -0.2) is 33.3 Å². The summed E-state index contributed by atoms with van der Waals surface area (Å²) in [6, 6.07) is 27.4. The van der Waals surface area contributed by atoms with Crippen molar-refractivity contribution in [2.75, 3.05) is 0 Å². The molecule has 1 fully saturated rings. The first-order chi connectivity index (χ1) is 24.4. The number of benzene rings is 3. The SMILES string of the molecule is Cc1ccc2c(n1)oc1c(-c3cc(-c4cccc(F)c4F)ccn3)cccc12.Cc1ccc2c(n1)oc1c(B3OC(C)(C)C(C)(C)O3)cccc12. The molecule has 3 aromatic carbocycles. The summed E-state index contributed by atoms with van der Waals surface area (Å²) < 4.78 is 52.3. The molecule has 0 N–H and O–H groups in total. The monoisotopic (exact) mass is 681 g/mol. The number of aryl methyl sites for hydroxylation is 2. The molecule has 0 radical (unpaired) electrons. The van der Waals surface area contributed by atoms with Crippen LogP contribution in [0.1, 0.15) is 39.1 Å². The van der Waals surface area contributed by atoms with E-state index in [-0.39, 0.29) is 16.8 Å². The molecule has 51 heavy (non-hydrogen) atoms. The van der Waals surface area contributed by atoms with Gasteiger partial charge in [0, 0.05) is 55.7 Å². The second-order valence-corrected chi connectivity index (χ2v) is 13.8. The van der Waals surface area contributed by atoms with Crippen LogP contribution in [0.4, 0.5) is 8.78 Å². The summed E-state index contributed by atoms with van der Waals surface area (Å²) in [4.78, 5) is 13.4. The van der Waals surface area contributed by atoms with E-state index in [0.717, 1.165) is 55.6 Å². The normalized spacial score (nSPS) is 15.2. The number of para-hydroxylation sites is 2. The lowest BCUT2D eigenvalue weighted by molar-refractivity contribution is 0.00578. The van der Waals surface area contributed by atoms with Crippen LogP contribution in [0.25, 0.3) is 66.5 Å². The molecule has 8 aromatic rings. The summed E-state index contributed by atoms with van der Waals surface area (Å²) in [5, 5.41) is 3.92. The fraction of sp³-hybridized carbons (Fsp3) is 0.195. The summed E-state index contributed by atoms with van der Waals surface area (Å²) in [7, 11) is -0.439. The highest BCUT2D eigenvalue weighted by Gasteiger charge is 2.52. The van der Waals surface area contributed by atoms with Crippen molar-refractivity contribution in [3.63, 3.8) is 0 Å². The van der Waals surface area contributed by atoms with Gasteiger partial charge in [0.2, 0.25) is 11.4 Å². The summed E-state index contributed by atoms with van der Waals surface area (Å²) in [6.07, 6.45) is 1.58. The lowest BCUT2D eigenvalue weighted by atomic mass is 9.78. The molecule has 10 heteroatoms. The highest BCUT2D eigenvalue weighted by Crippen LogP contribution is 2.38. The summed E-state index contributed by atoms with van der Waals surface area (Å²) >= 11 is 0. The maximum atomic E-state index is 14.2.